The fraction of sp³-hybridized carbons (Fsp3) is 0.185. The molecule has 3 aromatic heterocycles. The fourth-order valence-corrected chi connectivity index (χ4v) is 6.33. The van der Waals surface area contributed by atoms with Crippen molar-refractivity contribution >= 4 is 51.6 Å². The predicted molar refractivity (Wildman–Crippen MR) is 151 cm³/mol. The van der Waals surface area contributed by atoms with Crippen molar-refractivity contribution in [2.45, 2.75) is 37.2 Å². The van der Waals surface area contributed by atoms with Gasteiger partial charge in [0.15, 0.2) is 14.8 Å². The molecule has 2 aromatic carbocycles. The normalized spacial score (nSPS) is 12.1. The molecule has 3 heterocycles. The van der Waals surface area contributed by atoms with E-state index in [9.17, 15) is 9.59 Å². The topological polar surface area (TPSA) is 82.1 Å². The number of nitrogens with zero attached hydrogens (tertiary/aromatic N) is 3. The molecule has 0 aliphatic carbocycles. The summed E-state index contributed by atoms with van der Waals surface area (Å²) in [5.41, 5.74) is 2.85. The number of benzene rings is 2. The minimum atomic E-state index is -0.470. The highest BCUT2D eigenvalue weighted by Gasteiger charge is 2.25. The summed E-state index contributed by atoms with van der Waals surface area (Å²) in [6.45, 7) is 4.23. The van der Waals surface area contributed by atoms with Crippen LogP contribution in [-0.4, -0.2) is 25.3 Å². The first-order valence-electron chi connectivity index (χ1n) is 11.7. The number of fused-ring (bicyclic) bond motifs is 1. The van der Waals surface area contributed by atoms with E-state index in [-0.39, 0.29) is 18.0 Å². The number of carbonyl (C=O) groups excluding carboxylic acids is 1. The lowest BCUT2D eigenvalue weighted by Crippen LogP contribution is -2.32. The largest absolute Gasteiger partial charge is 0.467 e. The fourth-order valence-electron chi connectivity index (χ4n) is 4.00. The maximum atomic E-state index is 13.9. The third-order valence-corrected chi connectivity index (χ3v) is 8.54. The molecular weight excluding hydrogens is 525 g/mol. The SMILES string of the molecule is CCC(Sc1nc2c(sc(=S)n2-c2ccccc2C)c(=O)n1-c1ccccc1)C(=O)NCc1ccco1. The number of aromatic nitrogens is 3. The Labute approximate surface area is 226 Å². The monoisotopic (exact) mass is 548 g/mol. The number of para-hydroxylation sites is 2. The van der Waals surface area contributed by atoms with Crippen LogP contribution in [0.4, 0.5) is 0 Å². The van der Waals surface area contributed by atoms with Crippen LogP contribution < -0.4 is 10.9 Å². The number of nitrogens with one attached hydrogen (secondary N) is 1. The van der Waals surface area contributed by atoms with Crippen LogP contribution >= 0.6 is 35.3 Å². The zero-order valence-electron chi connectivity index (χ0n) is 20.2. The van der Waals surface area contributed by atoms with Gasteiger partial charge in [-0.15, -0.1) is 0 Å². The maximum absolute atomic E-state index is 13.9. The molecule has 0 bridgehead atoms. The van der Waals surface area contributed by atoms with E-state index in [4.69, 9.17) is 21.6 Å². The number of carbonyl (C=O) groups is 1. The number of thiazole rings is 1. The van der Waals surface area contributed by atoms with Crippen LogP contribution in [-0.2, 0) is 11.3 Å². The van der Waals surface area contributed by atoms with E-state index in [0.717, 1.165) is 11.3 Å². The minimum Gasteiger partial charge on any atom is -0.467 e. The molecule has 5 aromatic rings. The smallest absolute Gasteiger partial charge is 0.278 e. The molecule has 7 nitrogen and oxygen atoms in total. The second-order valence-corrected chi connectivity index (χ2v) is 11.1. The van der Waals surface area contributed by atoms with Gasteiger partial charge in [0.1, 0.15) is 10.5 Å². The van der Waals surface area contributed by atoms with Crippen LogP contribution in [0.1, 0.15) is 24.7 Å². The molecule has 1 atom stereocenters. The van der Waals surface area contributed by atoms with Crippen molar-refractivity contribution < 1.29 is 9.21 Å². The van der Waals surface area contributed by atoms with Crippen molar-refractivity contribution in [2.24, 2.45) is 0 Å². The Hall–Kier alpha value is -3.47. The molecule has 0 saturated carbocycles. The Morgan fingerprint density at radius 3 is 2.57 bits per heavy atom. The van der Waals surface area contributed by atoms with E-state index in [2.05, 4.69) is 5.32 Å². The Balaban J connectivity index is 1.63. The molecular formula is C27H24N4O3S3. The quantitative estimate of drug-likeness (QED) is 0.144. The number of aryl methyl sites for hydroxylation is 1. The van der Waals surface area contributed by atoms with Crippen LogP contribution in [0.25, 0.3) is 21.7 Å². The van der Waals surface area contributed by atoms with Crippen molar-refractivity contribution in [3.8, 4) is 11.4 Å². The maximum Gasteiger partial charge on any atom is 0.278 e. The molecule has 0 radical (unpaired) electrons. The number of rotatable bonds is 8. The van der Waals surface area contributed by atoms with Crippen LogP contribution in [0.15, 0.2) is 87.4 Å². The highest BCUT2D eigenvalue weighted by molar-refractivity contribution is 8.00. The van der Waals surface area contributed by atoms with Gasteiger partial charge in [0.05, 0.1) is 29.4 Å². The molecule has 10 heteroatoms. The molecule has 0 saturated heterocycles. The number of amides is 1. The zero-order chi connectivity index (χ0) is 25.9. The Bertz CT molecular complexity index is 1670. The lowest BCUT2D eigenvalue weighted by molar-refractivity contribution is -0.120. The van der Waals surface area contributed by atoms with E-state index >= 15 is 0 Å². The lowest BCUT2D eigenvalue weighted by atomic mass is 10.2. The van der Waals surface area contributed by atoms with E-state index in [1.165, 1.54) is 23.1 Å². The van der Waals surface area contributed by atoms with Gasteiger partial charge in [-0.2, -0.15) is 0 Å². The Morgan fingerprint density at radius 1 is 1.11 bits per heavy atom. The second kappa shape index (κ2) is 10.9. The molecule has 37 heavy (non-hydrogen) atoms. The van der Waals surface area contributed by atoms with Crippen molar-refractivity contribution in [3.05, 3.63) is 98.6 Å². The summed E-state index contributed by atoms with van der Waals surface area (Å²) in [5.74, 6) is 0.517. The summed E-state index contributed by atoms with van der Waals surface area (Å²) in [6, 6.07) is 20.8. The van der Waals surface area contributed by atoms with Crippen LogP contribution in [0.3, 0.4) is 0 Å². The van der Waals surface area contributed by atoms with Crippen LogP contribution in [0, 0.1) is 10.9 Å². The van der Waals surface area contributed by atoms with Gasteiger partial charge in [-0.05, 0) is 61.5 Å². The van der Waals surface area contributed by atoms with E-state index in [0.29, 0.717) is 37.3 Å². The first-order valence-corrected chi connectivity index (χ1v) is 13.8. The third-order valence-electron chi connectivity index (χ3n) is 5.88. The van der Waals surface area contributed by atoms with Crippen molar-refractivity contribution in [1.29, 1.82) is 0 Å². The van der Waals surface area contributed by atoms with Gasteiger partial charge in [0.2, 0.25) is 5.91 Å². The van der Waals surface area contributed by atoms with Gasteiger partial charge in [-0.1, -0.05) is 66.4 Å². The summed E-state index contributed by atoms with van der Waals surface area (Å²) >= 11 is 8.21. The molecule has 188 valence electrons. The van der Waals surface area contributed by atoms with E-state index in [1.807, 2.05) is 79.1 Å². The summed E-state index contributed by atoms with van der Waals surface area (Å²) in [5, 5.41) is 2.89. The molecule has 0 aliphatic heterocycles. The van der Waals surface area contributed by atoms with Crippen molar-refractivity contribution in [2.75, 3.05) is 0 Å². The van der Waals surface area contributed by atoms with Gasteiger partial charge in [0, 0.05) is 0 Å². The van der Waals surface area contributed by atoms with Gasteiger partial charge >= 0.3 is 0 Å². The molecule has 0 aliphatic rings. The standard InChI is InChI=1S/C27H24N4O3S3/c1-3-21(24(32)28-16-19-13-9-15-34-19)36-26-29-23-22(25(33)30(26)18-11-5-4-6-12-18)37-27(35)31(23)20-14-8-7-10-17(20)2/h4-15,21H,3,16H2,1-2H3,(H,28,32). The Kier molecular flexibility index (Phi) is 7.40. The number of thioether (sulfide) groups is 1. The highest BCUT2D eigenvalue weighted by Crippen LogP contribution is 2.31. The Morgan fingerprint density at radius 2 is 1.86 bits per heavy atom. The van der Waals surface area contributed by atoms with Gasteiger partial charge in [-0.25, -0.2) is 4.98 Å². The third kappa shape index (κ3) is 5.04. The summed E-state index contributed by atoms with van der Waals surface area (Å²) in [6.07, 6.45) is 2.12. The molecule has 1 amide bonds. The molecule has 5 rings (SSSR count). The van der Waals surface area contributed by atoms with Crippen molar-refractivity contribution in [3.63, 3.8) is 0 Å². The van der Waals surface area contributed by atoms with E-state index < -0.39 is 5.25 Å². The van der Waals surface area contributed by atoms with Gasteiger partial charge in [0.25, 0.3) is 5.56 Å². The van der Waals surface area contributed by atoms with Crippen LogP contribution in [0.2, 0.25) is 0 Å². The summed E-state index contributed by atoms with van der Waals surface area (Å²) < 4.78 is 9.77. The minimum absolute atomic E-state index is 0.154. The molecule has 0 fully saturated rings. The first kappa shape index (κ1) is 25.2. The molecule has 0 spiro atoms. The highest BCUT2D eigenvalue weighted by atomic mass is 32.2. The van der Waals surface area contributed by atoms with Gasteiger partial charge in [-0.3, -0.25) is 18.7 Å². The number of hydrogen-bond acceptors (Lipinski definition) is 7. The van der Waals surface area contributed by atoms with Gasteiger partial charge < -0.3 is 9.73 Å². The summed E-state index contributed by atoms with van der Waals surface area (Å²) in [4.78, 5) is 32.0. The predicted octanol–water partition coefficient (Wildman–Crippen LogP) is 6.06. The van der Waals surface area contributed by atoms with Crippen LogP contribution in [0.5, 0.6) is 0 Å². The molecule has 1 N–H and O–H groups in total. The van der Waals surface area contributed by atoms with Crippen molar-refractivity contribution in [1.82, 2.24) is 19.4 Å². The zero-order valence-corrected chi connectivity index (χ0v) is 22.7. The second-order valence-electron chi connectivity index (χ2n) is 8.32. The number of furan rings is 1. The first-order chi connectivity index (χ1) is 18.0. The molecule has 1 unspecified atom stereocenters. The van der Waals surface area contributed by atoms with E-state index in [1.54, 1.807) is 16.9 Å². The average molecular weight is 549 g/mol. The summed E-state index contributed by atoms with van der Waals surface area (Å²) in [7, 11) is 0. The number of hydrogen-bond donors (Lipinski definition) is 1. The average Bonchev–Trinajstić information content (AvgIpc) is 3.54. The lowest BCUT2D eigenvalue weighted by Gasteiger charge is -2.18.